The number of hydrogen-bond donors (Lipinski definition) is 1. The highest BCUT2D eigenvalue weighted by Crippen LogP contribution is 1.86. The summed E-state index contributed by atoms with van der Waals surface area (Å²) in [4.78, 5) is 3.92. The van der Waals surface area contributed by atoms with Gasteiger partial charge in [-0.15, -0.1) is 0 Å². The molecular weight excluding hydrogens is 124 g/mol. The van der Waals surface area contributed by atoms with E-state index in [9.17, 15) is 0 Å². The molecule has 0 aliphatic rings. The normalized spacial score (nSPS) is 13.8. The van der Waals surface area contributed by atoms with Gasteiger partial charge in [0.1, 0.15) is 0 Å². The first-order valence-corrected chi connectivity index (χ1v) is 3.66. The third-order valence-electron chi connectivity index (χ3n) is 1.16. The summed E-state index contributed by atoms with van der Waals surface area (Å²) >= 11 is 0. The van der Waals surface area contributed by atoms with Gasteiger partial charge in [0.25, 0.3) is 0 Å². The zero-order valence-electron chi connectivity index (χ0n) is 6.80. The van der Waals surface area contributed by atoms with Gasteiger partial charge in [0.05, 0.1) is 0 Å². The summed E-state index contributed by atoms with van der Waals surface area (Å²) in [6.07, 6.45) is 3.46. The van der Waals surface area contributed by atoms with Crippen molar-refractivity contribution in [1.29, 1.82) is 0 Å². The van der Waals surface area contributed by atoms with Crippen molar-refractivity contribution in [3.63, 3.8) is 0 Å². The van der Waals surface area contributed by atoms with Crippen LogP contribution >= 0.6 is 0 Å². The zero-order chi connectivity index (χ0) is 7.82. The molecule has 0 aromatic carbocycles. The van der Waals surface area contributed by atoms with E-state index in [1.807, 2.05) is 6.21 Å². The molecule has 1 N–H and O–H groups in total. The van der Waals surface area contributed by atoms with E-state index in [2.05, 4.69) is 30.7 Å². The van der Waals surface area contributed by atoms with Crippen LogP contribution in [0.3, 0.4) is 0 Å². The van der Waals surface area contributed by atoms with Gasteiger partial charge in [-0.05, 0) is 6.54 Å². The molecule has 1 atom stereocenters. The van der Waals surface area contributed by atoms with Crippen molar-refractivity contribution in [2.45, 2.75) is 13.8 Å². The summed E-state index contributed by atoms with van der Waals surface area (Å²) in [6, 6.07) is 0. The van der Waals surface area contributed by atoms with Crippen LogP contribution in [0.15, 0.2) is 17.8 Å². The molecule has 58 valence electrons. The second-order valence-electron chi connectivity index (χ2n) is 2.27. The fraction of sp³-hybridized carbons (Fsp3) is 0.625. The standard InChI is InChI=1S/C8H16N2/c1-4-9-6-8(3)7-10-5-2/h4,6,8,10H,1,5,7H2,2-3H3/b9-6-. The molecule has 1 unspecified atom stereocenters. The molecule has 0 aliphatic heterocycles. The van der Waals surface area contributed by atoms with Crippen LogP contribution in [0.1, 0.15) is 13.8 Å². The van der Waals surface area contributed by atoms with Crippen molar-refractivity contribution in [2.75, 3.05) is 13.1 Å². The average molecular weight is 140 g/mol. The lowest BCUT2D eigenvalue weighted by atomic mass is 10.2. The third-order valence-corrected chi connectivity index (χ3v) is 1.16. The molecule has 2 nitrogen and oxygen atoms in total. The molecule has 0 saturated carbocycles. The van der Waals surface area contributed by atoms with E-state index >= 15 is 0 Å². The topological polar surface area (TPSA) is 24.4 Å². The Kier molecular flexibility index (Phi) is 6.08. The molecule has 0 aromatic rings. The smallest absolute Gasteiger partial charge is 0.0192 e. The van der Waals surface area contributed by atoms with Gasteiger partial charge >= 0.3 is 0 Å². The van der Waals surface area contributed by atoms with E-state index < -0.39 is 0 Å². The Hall–Kier alpha value is -0.630. The van der Waals surface area contributed by atoms with Crippen LogP contribution in [0.2, 0.25) is 0 Å². The van der Waals surface area contributed by atoms with E-state index in [1.54, 1.807) is 6.20 Å². The van der Waals surface area contributed by atoms with Crippen LogP contribution in [0.5, 0.6) is 0 Å². The van der Waals surface area contributed by atoms with Crippen LogP contribution < -0.4 is 5.32 Å². The van der Waals surface area contributed by atoms with Gasteiger partial charge in [0.15, 0.2) is 0 Å². The van der Waals surface area contributed by atoms with Gasteiger partial charge in [-0.3, -0.25) is 4.99 Å². The molecule has 0 amide bonds. The summed E-state index contributed by atoms with van der Waals surface area (Å²) in [5.74, 6) is 0.498. The molecule has 0 fully saturated rings. The Labute approximate surface area is 63.0 Å². The van der Waals surface area contributed by atoms with E-state index in [0.29, 0.717) is 5.92 Å². The first kappa shape index (κ1) is 9.37. The van der Waals surface area contributed by atoms with Gasteiger partial charge < -0.3 is 5.32 Å². The Morgan fingerprint density at radius 2 is 2.40 bits per heavy atom. The second-order valence-corrected chi connectivity index (χ2v) is 2.27. The maximum absolute atomic E-state index is 3.92. The molecule has 0 aliphatic carbocycles. The number of nitrogens with zero attached hydrogens (tertiary/aromatic N) is 1. The minimum Gasteiger partial charge on any atom is -0.316 e. The van der Waals surface area contributed by atoms with Gasteiger partial charge in [-0.2, -0.15) is 0 Å². The van der Waals surface area contributed by atoms with E-state index in [0.717, 1.165) is 13.1 Å². The number of hydrogen-bond acceptors (Lipinski definition) is 2. The van der Waals surface area contributed by atoms with Crippen molar-refractivity contribution >= 4 is 6.21 Å². The highest BCUT2D eigenvalue weighted by Gasteiger charge is 1.93. The van der Waals surface area contributed by atoms with Crippen LogP contribution in [0.25, 0.3) is 0 Å². The van der Waals surface area contributed by atoms with Crippen LogP contribution in [-0.2, 0) is 0 Å². The number of nitrogens with one attached hydrogen (secondary N) is 1. The van der Waals surface area contributed by atoms with Crippen molar-refractivity contribution in [3.8, 4) is 0 Å². The monoisotopic (exact) mass is 140 g/mol. The average Bonchev–Trinajstić information content (AvgIpc) is 1.97. The maximum Gasteiger partial charge on any atom is 0.0192 e. The minimum absolute atomic E-state index is 0.498. The molecule has 0 aromatic heterocycles. The van der Waals surface area contributed by atoms with E-state index in [4.69, 9.17) is 0 Å². The molecule has 0 saturated heterocycles. The Morgan fingerprint density at radius 1 is 1.70 bits per heavy atom. The van der Waals surface area contributed by atoms with Crippen molar-refractivity contribution < 1.29 is 0 Å². The molecule has 10 heavy (non-hydrogen) atoms. The molecule has 0 radical (unpaired) electrons. The van der Waals surface area contributed by atoms with Gasteiger partial charge in [0.2, 0.25) is 0 Å². The quantitative estimate of drug-likeness (QED) is 0.574. The lowest BCUT2D eigenvalue weighted by Crippen LogP contribution is -2.21. The van der Waals surface area contributed by atoms with Crippen LogP contribution in [-0.4, -0.2) is 19.3 Å². The Bertz CT molecular complexity index is 108. The fourth-order valence-corrected chi connectivity index (χ4v) is 0.632. The van der Waals surface area contributed by atoms with Gasteiger partial charge in [-0.25, -0.2) is 0 Å². The lowest BCUT2D eigenvalue weighted by Gasteiger charge is -2.03. The molecule has 0 spiro atoms. The Balaban J connectivity index is 3.32. The predicted molar refractivity (Wildman–Crippen MR) is 46.4 cm³/mol. The van der Waals surface area contributed by atoms with Gasteiger partial charge in [-0.1, -0.05) is 20.4 Å². The predicted octanol–water partition coefficient (Wildman–Crippen LogP) is 1.45. The van der Waals surface area contributed by atoms with Crippen LogP contribution in [0, 0.1) is 5.92 Å². The summed E-state index contributed by atoms with van der Waals surface area (Å²) in [5.41, 5.74) is 0. The number of aliphatic imine (C=N–C) groups is 1. The Morgan fingerprint density at radius 3 is 2.90 bits per heavy atom. The first-order valence-electron chi connectivity index (χ1n) is 3.66. The molecule has 2 heteroatoms. The zero-order valence-corrected chi connectivity index (χ0v) is 6.80. The van der Waals surface area contributed by atoms with Crippen molar-refractivity contribution in [1.82, 2.24) is 5.32 Å². The minimum atomic E-state index is 0.498. The number of rotatable bonds is 5. The highest BCUT2D eigenvalue weighted by molar-refractivity contribution is 5.61. The van der Waals surface area contributed by atoms with E-state index in [1.165, 1.54) is 0 Å². The fourth-order valence-electron chi connectivity index (χ4n) is 0.632. The van der Waals surface area contributed by atoms with Gasteiger partial charge in [0, 0.05) is 24.9 Å². The molecular formula is C8H16N2. The van der Waals surface area contributed by atoms with E-state index in [-0.39, 0.29) is 0 Å². The summed E-state index contributed by atoms with van der Waals surface area (Å²) in [5, 5.41) is 3.23. The SMILES string of the molecule is C=C/N=C\C(C)CNCC. The maximum atomic E-state index is 3.92. The summed E-state index contributed by atoms with van der Waals surface area (Å²) in [6.45, 7) is 9.72. The van der Waals surface area contributed by atoms with Crippen LogP contribution in [0.4, 0.5) is 0 Å². The summed E-state index contributed by atoms with van der Waals surface area (Å²) in [7, 11) is 0. The summed E-state index contributed by atoms with van der Waals surface area (Å²) < 4.78 is 0. The van der Waals surface area contributed by atoms with Crippen molar-refractivity contribution in [3.05, 3.63) is 12.8 Å². The molecule has 0 heterocycles. The highest BCUT2D eigenvalue weighted by atomic mass is 14.8. The van der Waals surface area contributed by atoms with Crippen molar-refractivity contribution in [2.24, 2.45) is 10.9 Å². The first-order chi connectivity index (χ1) is 4.81. The third kappa shape index (κ3) is 5.51. The second kappa shape index (κ2) is 6.49. The largest absolute Gasteiger partial charge is 0.316 e. The molecule has 0 bridgehead atoms. The molecule has 0 rings (SSSR count). The lowest BCUT2D eigenvalue weighted by molar-refractivity contribution is 0.643.